The molecule has 0 N–H and O–H groups in total. The van der Waals surface area contributed by atoms with Crippen LogP contribution < -0.4 is 0 Å². The molecule has 2 heteroatoms. The molecule has 2 rings (SSSR count). The van der Waals surface area contributed by atoms with Gasteiger partial charge in [0.1, 0.15) is 11.5 Å². The van der Waals surface area contributed by atoms with Gasteiger partial charge in [0.05, 0.1) is 0 Å². The number of hydrogen-bond donors (Lipinski definition) is 0. The Hall–Kier alpha value is -0.660. The molecule has 1 atom stereocenters. The molecule has 10 heavy (non-hydrogen) atoms. The van der Waals surface area contributed by atoms with Crippen molar-refractivity contribution in [3.63, 3.8) is 0 Å². The van der Waals surface area contributed by atoms with E-state index in [2.05, 4.69) is 6.92 Å². The van der Waals surface area contributed by atoms with Gasteiger partial charge >= 0.3 is 0 Å². The van der Waals surface area contributed by atoms with Crippen LogP contribution in [-0.4, -0.2) is 6.79 Å². The fraction of sp³-hybridized carbons (Fsp3) is 0.750. The fourth-order valence-corrected chi connectivity index (χ4v) is 1.51. The van der Waals surface area contributed by atoms with Gasteiger partial charge in [-0.3, -0.25) is 0 Å². The van der Waals surface area contributed by atoms with Gasteiger partial charge in [0.15, 0.2) is 0 Å². The lowest BCUT2D eigenvalue weighted by Crippen LogP contribution is -2.04. The van der Waals surface area contributed by atoms with Gasteiger partial charge in [-0.25, -0.2) is 0 Å². The summed E-state index contributed by atoms with van der Waals surface area (Å²) in [7, 11) is 0. The number of rotatable bonds is 0. The first kappa shape index (κ1) is 6.08. The molecule has 0 aromatic rings. The Morgan fingerprint density at radius 3 is 3.00 bits per heavy atom. The van der Waals surface area contributed by atoms with Gasteiger partial charge in [-0.15, -0.1) is 0 Å². The van der Waals surface area contributed by atoms with Gasteiger partial charge in [-0.2, -0.15) is 0 Å². The van der Waals surface area contributed by atoms with Crippen molar-refractivity contribution in [3.8, 4) is 0 Å². The molecule has 2 aliphatic rings. The summed E-state index contributed by atoms with van der Waals surface area (Å²) in [5.74, 6) is 3.00. The van der Waals surface area contributed by atoms with Gasteiger partial charge in [0.25, 0.3) is 0 Å². The number of ether oxygens (including phenoxy) is 2. The van der Waals surface area contributed by atoms with Gasteiger partial charge in [-0.05, 0) is 12.3 Å². The molecular weight excluding hydrogens is 128 g/mol. The normalized spacial score (nSPS) is 31.1. The monoisotopic (exact) mass is 140 g/mol. The fourth-order valence-electron chi connectivity index (χ4n) is 1.51. The summed E-state index contributed by atoms with van der Waals surface area (Å²) < 4.78 is 10.5. The number of hydrogen-bond acceptors (Lipinski definition) is 2. The molecule has 0 unspecified atom stereocenters. The molecular formula is C8H12O2. The van der Waals surface area contributed by atoms with Gasteiger partial charge in [-0.1, -0.05) is 6.92 Å². The van der Waals surface area contributed by atoms with Crippen molar-refractivity contribution in [2.45, 2.75) is 26.2 Å². The third kappa shape index (κ3) is 0.877. The van der Waals surface area contributed by atoms with E-state index in [-0.39, 0.29) is 0 Å². The van der Waals surface area contributed by atoms with Crippen LogP contribution in [0.25, 0.3) is 0 Å². The van der Waals surface area contributed by atoms with E-state index in [4.69, 9.17) is 9.47 Å². The minimum atomic E-state index is 0.456. The Bertz CT molecular complexity index is 172. The van der Waals surface area contributed by atoms with E-state index in [1.807, 2.05) is 0 Å². The lowest BCUT2D eigenvalue weighted by Gasteiger charge is -2.16. The molecule has 0 fully saturated rings. The van der Waals surface area contributed by atoms with E-state index in [9.17, 15) is 0 Å². The third-order valence-electron chi connectivity index (χ3n) is 2.18. The van der Waals surface area contributed by atoms with E-state index in [1.54, 1.807) is 0 Å². The van der Waals surface area contributed by atoms with E-state index in [0.717, 1.165) is 30.3 Å². The van der Waals surface area contributed by atoms with Crippen molar-refractivity contribution in [2.24, 2.45) is 5.92 Å². The summed E-state index contributed by atoms with van der Waals surface area (Å²) in [5.41, 5.74) is 0. The summed E-state index contributed by atoms with van der Waals surface area (Å²) in [5, 5.41) is 0. The van der Waals surface area contributed by atoms with Gasteiger partial charge in [0, 0.05) is 12.8 Å². The van der Waals surface area contributed by atoms with Crippen LogP contribution >= 0.6 is 0 Å². The predicted octanol–water partition coefficient (Wildman–Crippen LogP) is 2.02. The zero-order chi connectivity index (χ0) is 6.97. The highest BCUT2D eigenvalue weighted by Gasteiger charge is 2.24. The lowest BCUT2D eigenvalue weighted by molar-refractivity contribution is 0.0690. The topological polar surface area (TPSA) is 18.5 Å². The summed E-state index contributed by atoms with van der Waals surface area (Å²) in [6.45, 7) is 2.71. The zero-order valence-corrected chi connectivity index (χ0v) is 6.22. The molecule has 0 bridgehead atoms. The quantitative estimate of drug-likeness (QED) is 0.512. The minimum Gasteiger partial charge on any atom is -0.458 e. The average molecular weight is 140 g/mol. The van der Waals surface area contributed by atoms with Crippen LogP contribution in [-0.2, 0) is 9.47 Å². The van der Waals surface area contributed by atoms with Crippen LogP contribution in [0.15, 0.2) is 11.5 Å². The highest BCUT2D eigenvalue weighted by molar-refractivity contribution is 5.08. The molecule has 0 saturated carbocycles. The predicted molar refractivity (Wildman–Crippen MR) is 37.1 cm³/mol. The van der Waals surface area contributed by atoms with Crippen molar-refractivity contribution < 1.29 is 9.47 Å². The van der Waals surface area contributed by atoms with Crippen LogP contribution in [0.1, 0.15) is 26.2 Å². The molecule has 56 valence electrons. The van der Waals surface area contributed by atoms with Crippen LogP contribution in [0, 0.1) is 5.92 Å². The Morgan fingerprint density at radius 1 is 1.30 bits per heavy atom. The molecule has 1 heterocycles. The lowest BCUT2D eigenvalue weighted by atomic mass is 9.94. The maximum absolute atomic E-state index is 5.28. The highest BCUT2D eigenvalue weighted by Crippen LogP contribution is 2.33. The zero-order valence-electron chi connectivity index (χ0n) is 6.22. The molecule has 1 aliphatic carbocycles. The largest absolute Gasteiger partial charge is 0.458 e. The van der Waals surface area contributed by atoms with Crippen LogP contribution in [0.3, 0.4) is 0 Å². The second-order valence-corrected chi connectivity index (χ2v) is 3.10. The molecule has 0 saturated heterocycles. The Balaban J connectivity index is 2.13. The summed E-state index contributed by atoms with van der Waals surface area (Å²) >= 11 is 0. The molecule has 0 amide bonds. The second-order valence-electron chi connectivity index (χ2n) is 3.10. The number of allylic oxidation sites excluding steroid dienone is 2. The summed E-state index contributed by atoms with van der Waals surface area (Å²) in [4.78, 5) is 0. The molecule has 1 aliphatic heterocycles. The van der Waals surface area contributed by atoms with E-state index >= 15 is 0 Å². The first-order valence-electron chi connectivity index (χ1n) is 3.84. The van der Waals surface area contributed by atoms with Gasteiger partial charge in [0.2, 0.25) is 6.79 Å². The van der Waals surface area contributed by atoms with Crippen molar-refractivity contribution in [3.05, 3.63) is 11.5 Å². The second kappa shape index (κ2) is 2.19. The SMILES string of the molecule is C[C@H]1CCC2=C(C1)OCO2. The average Bonchev–Trinajstić information content (AvgIpc) is 2.33. The summed E-state index contributed by atoms with van der Waals surface area (Å²) in [6, 6.07) is 0. The first-order valence-corrected chi connectivity index (χ1v) is 3.84. The standard InChI is InChI=1S/C8H12O2/c1-6-2-3-7-8(4-6)10-5-9-7/h6H,2-5H2,1H3/t6-/m0/s1. The van der Waals surface area contributed by atoms with Crippen molar-refractivity contribution >= 4 is 0 Å². The maximum atomic E-state index is 5.28. The van der Waals surface area contributed by atoms with E-state index in [1.165, 1.54) is 6.42 Å². The Morgan fingerprint density at radius 2 is 2.10 bits per heavy atom. The van der Waals surface area contributed by atoms with Crippen LogP contribution in [0.4, 0.5) is 0 Å². The van der Waals surface area contributed by atoms with Crippen LogP contribution in [0.5, 0.6) is 0 Å². The molecule has 0 aromatic carbocycles. The van der Waals surface area contributed by atoms with Crippen molar-refractivity contribution in [1.29, 1.82) is 0 Å². The van der Waals surface area contributed by atoms with Crippen molar-refractivity contribution in [1.82, 2.24) is 0 Å². The molecule has 2 nitrogen and oxygen atoms in total. The maximum Gasteiger partial charge on any atom is 0.230 e. The van der Waals surface area contributed by atoms with E-state index in [0.29, 0.717) is 6.79 Å². The Kier molecular flexibility index (Phi) is 1.33. The molecule has 0 radical (unpaired) electrons. The van der Waals surface area contributed by atoms with Gasteiger partial charge < -0.3 is 9.47 Å². The highest BCUT2D eigenvalue weighted by atomic mass is 16.7. The van der Waals surface area contributed by atoms with E-state index < -0.39 is 0 Å². The molecule has 0 spiro atoms. The molecule has 0 aromatic heterocycles. The Labute approximate surface area is 60.8 Å². The first-order chi connectivity index (χ1) is 4.86. The minimum absolute atomic E-state index is 0.456. The van der Waals surface area contributed by atoms with Crippen LogP contribution in [0.2, 0.25) is 0 Å². The van der Waals surface area contributed by atoms with Crippen molar-refractivity contribution in [2.75, 3.05) is 6.79 Å². The third-order valence-corrected chi connectivity index (χ3v) is 2.18. The smallest absolute Gasteiger partial charge is 0.230 e. The summed E-state index contributed by atoms with van der Waals surface area (Å²) in [6.07, 6.45) is 3.41.